The SMILES string of the molecule is CC(C)c1ccc(NC(=O)[C@H](C)OC(=O)c2ccncc2)cc1. The molecule has 0 unspecified atom stereocenters. The van der Waals surface area contributed by atoms with Crippen molar-refractivity contribution in [3.63, 3.8) is 0 Å². The highest BCUT2D eigenvalue weighted by Gasteiger charge is 2.19. The molecule has 0 aliphatic carbocycles. The first-order valence-corrected chi connectivity index (χ1v) is 7.49. The van der Waals surface area contributed by atoms with Gasteiger partial charge < -0.3 is 10.1 Å². The van der Waals surface area contributed by atoms with Crippen molar-refractivity contribution in [3.8, 4) is 0 Å². The third-order valence-electron chi connectivity index (χ3n) is 3.41. The number of esters is 1. The fourth-order valence-electron chi connectivity index (χ4n) is 1.97. The van der Waals surface area contributed by atoms with Gasteiger partial charge in [-0.25, -0.2) is 4.79 Å². The maximum Gasteiger partial charge on any atom is 0.339 e. The summed E-state index contributed by atoms with van der Waals surface area (Å²) in [6, 6.07) is 10.7. The van der Waals surface area contributed by atoms with Gasteiger partial charge in [0.1, 0.15) is 0 Å². The van der Waals surface area contributed by atoms with Crippen molar-refractivity contribution >= 4 is 17.6 Å². The van der Waals surface area contributed by atoms with Crippen molar-refractivity contribution < 1.29 is 14.3 Å². The van der Waals surface area contributed by atoms with Crippen LogP contribution in [0.3, 0.4) is 0 Å². The topological polar surface area (TPSA) is 68.3 Å². The average molecular weight is 312 g/mol. The molecular formula is C18H20N2O3. The molecule has 0 spiro atoms. The van der Waals surface area contributed by atoms with Crippen LogP contribution in [0, 0.1) is 0 Å². The first-order chi connectivity index (χ1) is 11.0. The summed E-state index contributed by atoms with van der Waals surface area (Å²) in [6.45, 7) is 5.75. The summed E-state index contributed by atoms with van der Waals surface area (Å²) in [4.78, 5) is 27.8. The second kappa shape index (κ2) is 7.54. The number of nitrogens with one attached hydrogen (secondary N) is 1. The number of carbonyl (C=O) groups excluding carboxylic acids is 2. The monoisotopic (exact) mass is 312 g/mol. The lowest BCUT2D eigenvalue weighted by Gasteiger charge is -2.14. The Hall–Kier alpha value is -2.69. The first kappa shape index (κ1) is 16.7. The zero-order valence-electron chi connectivity index (χ0n) is 13.4. The van der Waals surface area contributed by atoms with Crippen LogP contribution in [-0.2, 0) is 9.53 Å². The molecule has 0 bridgehead atoms. The minimum atomic E-state index is -0.888. The largest absolute Gasteiger partial charge is 0.449 e. The lowest BCUT2D eigenvalue weighted by molar-refractivity contribution is -0.123. The van der Waals surface area contributed by atoms with Crippen LogP contribution in [0.1, 0.15) is 42.6 Å². The highest BCUT2D eigenvalue weighted by molar-refractivity contribution is 5.97. The number of ether oxygens (including phenoxy) is 1. The Labute approximate surface area is 135 Å². The van der Waals surface area contributed by atoms with Crippen LogP contribution >= 0.6 is 0 Å². The predicted octanol–water partition coefficient (Wildman–Crippen LogP) is 3.39. The number of hydrogen-bond acceptors (Lipinski definition) is 4. The van der Waals surface area contributed by atoms with Gasteiger partial charge in [0.05, 0.1) is 5.56 Å². The van der Waals surface area contributed by atoms with Crippen LogP contribution in [0.5, 0.6) is 0 Å². The van der Waals surface area contributed by atoms with Gasteiger partial charge in [-0.3, -0.25) is 9.78 Å². The van der Waals surface area contributed by atoms with Gasteiger partial charge in [0.15, 0.2) is 6.10 Å². The summed E-state index contributed by atoms with van der Waals surface area (Å²) < 4.78 is 5.15. The van der Waals surface area contributed by atoms with Crippen molar-refractivity contribution in [2.45, 2.75) is 32.8 Å². The van der Waals surface area contributed by atoms with E-state index in [2.05, 4.69) is 24.1 Å². The number of aromatic nitrogens is 1. The number of benzene rings is 1. The van der Waals surface area contributed by atoms with Crippen LogP contribution < -0.4 is 5.32 Å². The Balaban J connectivity index is 1.93. The molecule has 0 radical (unpaired) electrons. The summed E-state index contributed by atoms with van der Waals surface area (Å²) >= 11 is 0. The normalized spacial score (nSPS) is 11.8. The Morgan fingerprint density at radius 2 is 1.61 bits per heavy atom. The molecule has 5 heteroatoms. The quantitative estimate of drug-likeness (QED) is 0.859. The highest BCUT2D eigenvalue weighted by Crippen LogP contribution is 2.17. The molecule has 1 atom stereocenters. The minimum absolute atomic E-state index is 0.362. The van der Waals surface area contributed by atoms with E-state index in [1.165, 1.54) is 37.0 Å². The Bertz CT molecular complexity index is 666. The number of anilines is 1. The van der Waals surface area contributed by atoms with E-state index in [0.717, 1.165) is 0 Å². The van der Waals surface area contributed by atoms with Crippen LogP contribution in [-0.4, -0.2) is 23.0 Å². The molecule has 0 fully saturated rings. The standard InChI is InChI=1S/C18H20N2O3/c1-12(2)14-4-6-16(7-5-14)20-17(21)13(3)23-18(22)15-8-10-19-11-9-15/h4-13H,1-3H3,(H,20,21)/t13-/m0/s1. The average Bonchev–Trinajstić information content (AvgIpc) is 2.56. The van der Waals surface area contributed by atoms with Crippen molar-refractivity contribution in [1.82, 2.24) is 4.98 Å². The molecule has 1 N–H and O–H groups in total. The van der Waals surface area contributed by atoms with Crippen LogP contribution in [0.4, 0.5) is 5.69 Å². The van der Waals surface area contributed by atoms with E-state index in [1.54, 1.807) is 0 Å². The summed E-state index contributed by atoms with van der Waals surface area (Å²) in [7, 11) is 0. The number of nitrogens with zero attached hydrogens (tertiary/aromatic N) is 1. The van der Waals surface area contributed by atoms with Gasteiger partial charge in [0.25, 0.3) is 5.91 Å². The van der Waals surface area contributed by atoms with Gasteiger partial charge in [-0.05, 0) is 42.7 Å². The fourth-order valence-corrected chi connectivity index (χ4v) is 1.97. The molecule has 2 aromatic rings. The van der Waals surface area contributed by atoms with Crippen LogP contribution in [0.15, 0.2) is 48.8 Å². The van der Waals surface area contributed by atoms with Gasteiger partial charge in [0.2, 0.25) is 0 Å². The third kappa shape index (κ3) is 4.64. The van der Waals surface area contributed by atoms with Crippen LogP contribution in [0.2, 0.25) is 0 Å². The van der Waals surface area contributed by atoms with E-state index in [4.69, 9.17) is 4.74 Å². The molecule has 1 heterocycles. The first-order valence-electron chi connectivity index (χ1n) is 7.49. The molecule has 0 saturated heterocycles. The molecule has 120 valence electrons. The fraction of sp³-hybridized carbons (Fsp3) is 0.278. The lowest BCUT2D eigenvalue weighted by atomic mass is 10.0. The molecule has 2 rings (SSSR count). The van der Waals surface area contributed by atoms with Gasteiger partial charge in [-0.15, -0.1) is 0 Å². The van der Waals surface area contributed by atoms with Crippen molar-refractivity contribution in [1.29, 1.82) is 0 Å². The summed E-state index contributed by atoms with van der Waals surface area (Å²) in [6.07, 6.45) is 2.11. The molecular weight excluding hydrogens is 292 g/mol. The van der Waals surface area contributed by atoms with Crippen LogP contribution in [0.25, 0.3) is 0 Å². The number of hydrogen-bond donors (Lipinski definition) is 1. The summed E-state index contributed by atoms with van der Waals surface area (Å²) in [5.74, 6) is -0.491. The highest BCUT2D eigenvalue weighted by atomic mass is 16.5. The van der Waals surface area contributed by atoms with E-state index in [0.29, 0.717) is 17.2 Å². The number of carbonyl (C=O) groups is 2. The van der Waals surface area contributed by atoms with Gasteiger partial charge in [-0.1, -0.05) is 26.0 Å². The van der Waals surface area contributed by atoms with E-state index < -0.39 is 12.1 Å². The predicted molar refractivity (Wildman–Crippen MR) is 88.3 cm³/mol. The Morgan fingerprint density at radius 1 is 1.00 bits per heavy atom. The third-order valence-corrected chi connectivity index (χ3v) is 3.41. The smallest absolute Gasteiger partial charge is 0.339 e. The number of rotatable bonds is 5. The second-order valence-electron chi connectivity index (χ2n) is 5.55. The Morgan fingerprint density at radius 3 is 2.17 bits per heavy atom. The van der Waals surface area contributed by atoms with Crippen molar-refractivity contribution in [2.24, 2.45) is 0 Å². The van der Waals surface area contributed by atoms with Gasteiger partial charge >= 0.3 is 5.97 Å². The molecule has 5 nitrogen and oxygen atoms in total. The van der Waals surface area contributed by atoms with Crippen molar-refractivity contribution in [3.05, 3.63) is 59.9 Å². The molecule has 1 aromatic heterocycles. The van der Waals surface area contributed by atoms with Crippen molar-refractivity contribution in [2.75, 3.05) is 5.32 Å². The van der Waals surface area contributed by atoms with Gasteiger partial charge in [-0.2, -0.15) is 0 Å². The molecule has 0 saturated carbocycles. The second-order valence-corrected chi connectivity index (χ2v) is 5.55. The number of amides is 1. The zero-order valence-corrected chi connectivity index (χ0v) is 13.4. The lowest BCUT2D eigenvalue weighted by Crippen LogP contribution is -2.30. The molecule has 1 aromatic carbocycles. The maximum atomic E-state index is 12.1. The molecule has 1 amide bonds. The molecule has 0 aliphatic heterocycles. The minimum Gasteiger partial charge on any atom is -0.449 e. The van der Waals surface area contributed by atoms with E-state index >= 15 is 0 Å². The van der Waals surface area contributed by atoms with Gasteiger partial charge in [0, 0.05) is 18.1 Å². The number of pyridine rings is 1. The maximum absolute atomic E-state index is 12.1. The van der Waals surface area contributed by atoms with E-state index in [-0.39, 0.29) is 5.91 Å². The summed E-state index contributed by atoms with van der Waals surface area (Å²) in [5, 5.41) is 2.74. The summed E-state index contributed by atoms with van der Waals surface area (Å²) in [5.41, 5.74) is 2.23. The van der Waals surface area contributed by atoms with E-state index in [9.17, 15) is 9.59 Å². The van der Waals surface area contributed by atoms with E-state index in [1.807, 2.05) is 24.3 Å². The zero-order chi connectivity index (χ0) is 16.8. The Kier molecular flexibility index (Phi) is 5.46. The molecule has 23 heavy (non-hydrogen) atoms. The molecule has 0 aliphatic rings.